The normalized spacial score (nSPS) is 18.9. The lowest BCUT2D eigenvalue weighted by molar-refractivity contribution is -0.140. The van der Waals surface area contributed by atoms with Gasteiger partial charge < -0.3 is 10.0 Å². The maximum atomic E-state index is 11.9. The third kappa shape index (κ3) is 2.05. The lowest BCUT2D eigenvalue weighted by Crippen LogP contribution is -2.26. The molecule has 1 aliphatic rings. The molecule has 0 aliphatic carbocycles. The van der Waals surface area contributed by atoms with Crippen LogP contribution in [0.4, 0.5) is 5.95 Å². The predicted octanol–water partition coefficient (Wildman–Crippen LogP) is 0.834. The summed E-state index contributed by atoms with van der Waals surface area (Å²) in [5, 5.41) is 9.53. The number of aromatic amines is 1. The van der Waals surface area contributed by atoms with E-state index in [4.69, 9.17) is 5.11 Å². The van der Waals surface area contributed by atoms with Crippen LogP contribution in [0.15, 0.2) is 29.1 Å². The number of H-pyrrole nitrogens is 1. The third-order valence-electron chi connectivity index (χ3n) is 3.44. The van der Waals surface area contributed by atoms with Gasteiger partial charge in [0.05, 0.1) is 16.8 Å². The van der Waals surface area contributed by atoms with Crippen molar-refractivity contribution in [3.63, 3.8) is 0 Å². The Bertz CT molecular complexity index is 695. The summed E-state index contributed by atoms with van der Waals surface area (Å²) in [4.78, 5) is 31.8. The van der Waals surface area contributed by atoms with Gasteiger partial charge in [-0.3, -0.25) is 14.6 Å². The Balaban J connectivity index is 1.98. The van der Waals surface area contributed by atoms with Crippen molar-refractivity contribution < 1.29 is 9.90 Å². The zero-order valence-electron chi connectivity index (χ0n) is 10.2. The Kier molecular flexibility index (Phi) is 2.70. The van der Waals surface area contributed by atoms with Crippen LogP contribution >= 0.6 is 0 Å². The minimum atomic E-state index is -0.800. The fourth-order valence-electron chi connectivity index (χ4n) is 2.38. The number of para-hydroxylation sites is 1. The van der Waals surface area contributed by atoms with Gasteiger partial charge in [-0.15, -0.1) is 0 Å². The molecule has 6 nitrogen and oxygen atoms in total. The van der Waals surface area contributed by atoms with Crippen LogP contribution in [0.25, 0.3) is 10.9 Å². The number of aromatic nitrogens is 2. The van der Waals surface area contributed by atoms with Crippen molar-refractivity contribution in [1.29, 1.82) is 0 Å². The van der Waals surface area contributed by atoms with Crippen LogP contribution in [0, 0.1) is 5.92 Å². The summed E-state index contributed by atoms with van der Waals surface area (Å²) in [5.41, 5.74) is 0.430. The molecule has 6 heteroatoms. The molecular formula is C13H13N3O3. The van der Waals surface area contributed by atoms with Gasteiger partial charge in [0, 0.05) is 13.1 Å². The highest BCUT2D eigenvalue weighted by Gasteiger charge is 2.29. The fraction of sp³-hybridized carbons (Fsp3) is 0.308. The van der Waals surface area contributed by atoms with Gasteiger partial charge in [0.25, 0.3) is 5.56 Å². The van der Waals surface area contributed by atoms with Crippen molar-refractivity contribution in [3.05, 3.63) is 34.6 Å². The SMILES string of the molecule is O=C(O)[C@@H]1CCN(c2nc3ccccc3c(=O)[nH]2)C1. The standard InChI is InChI=1S/C13H13N3O3/c17-11-9-3-1-2-4-10(9)14-13(15-11)16-6-5-8(7-16)12(18)19/h1-4,8H,5-7H2,(H,18,19)(H,14,15,17)/t8-/m1/s1. The second-order valence-electron chi connectivity index (χ2n) is 4.68. The Morgan fingerprint density at radius 1 is 1.42 bits per heavy atom. The molecule has 2 aromatic rings. The molecule has 0 amide bonds. The number of anilines is 1. The van der Waals surface area contributed by atoms with Crippen molar-refractivity contribution in [3.8, 4) is 0 Å². The number of aliphatic carboxylic acids is 1. The van der Waals surface area contributed by atoms with E-state index in [1.54, 1.807) is 18.2 Å². The summed E-state index contributed by atoms with van der Waals surface area (Å²) < 4.78 is 0. The van der Waals surface area contributed by atoms with E-state index >= 15 is 0 Å². The second kappa shape index (κ2) is 4.38. The van der Waals surface area contributed by atoms with E-state index in [0.29, 0.717) is 36.4 Å². The van der Waals surface area contributed by atoms with Crippen LogP contribution < -0.4 is 10.5 Å². The van der Waals surface area contributed by atoms with E-state index < -0.39 is 11.9 Å². The Morgan fingerprint density at radius 2 is 2.21 bits per heavy atom. The molecule has 0 saturated carbocycles. The molecule has 1 aliphatic heterocycles. The smallest absolute Gasteiger partial charge is 0.308 e. The highest BCUT2D eigenvalue weighted by atomic mass is 16.4. The molecule has 19 heavy (non-hydrogen) atoms. The largest absolute Gasteiger partial charge is 0.481 e. The first-order chi connectivity index (χ1) is 9.15. The molecule has 2 N–H and O–H groups in total. The number of carbonyl (C=O) groups is 1. The van der Waals surface area contributed by atoms with Gasteiger partial charge in [-0.2, -0.15) is 0 Å². The van der Waals surface area contributed by atoms with Crippen LogP contribution in [-0.2, 0) is 4.79 Å². The molecule has 1 aromatic carbocycles. The average Bonchev–Trinajstić information content (AvgIpc) is 2.88. The number of nitrogens with zero attached hydrogens (tertiary/aromatic N) is 2. The molecule has 3 rings (SSSR count). The van der Waals surface area contributed by atoms with Gasteiger partial charge in [-0.05, 0) is 18.6 Å². The number of nitrogens with one attached hydrogen (secondary N) is 1. The first-order valence-electron chi connectivity index (χ1n) is 6.12. The molecule has 0 spiro atoms. The van der Waals surface area contributed by atoms with Crippen LogP contribution in [0.3, 0.4) is 0 Å². The Hall–Kier alpha value is -2.37. The van der Waals surface area contributed by atoms with E-state index in [0.717, 1.165) is 0 Å². The zero-order chi connectivity index (χ0) is 13.4. The number of fused-ring (bicyclic) bond motifs is 1. The van der Waals surface area contributed by atoms with Crippen LogP contribution in [0.2, 0.25) is 0 Å². The van der Waals surface area contributed by atoms with Crippen molar-refractivity contribution in [2.75, 3.05) is 18.0 Å². The molecule has 0 radical (unpaired) electrons. The molecule has 98 valence electrons. The first kappa shape index (κ1) is 11.7. The summed E-state index contributed by atoms with van der Waals surface area (Å²) in [6, 6.07) is 7.10. The molecule has 0 unspecified atom stereocenters. The van der Waals surface area contributed by atoms with Gasteiger partial charge in [-0.1, -0.05) is 12.1 Å². The van der Waals surface area contributed by atoms with Crippen molar-refractivity contribution in [1.82, 2.24) is 9.97 Å². The molecule has 1 aromatic heterocycles. The number of hydrogen-bond donors (Lipinski definition) is 2. The maximum absolute atomic E-state index is 11.9. The zero-order valence-corrected chi connectivity index (χ0v) is 10.2. The highest BCUT2D eigenvalue weighted by Crippen LogP contribution is 2.21. The fourth-order valence-corrected chi connectivity index (χ4v) is 2.38. The van der Waals surface area contributed by atoms with Crippen LogP contribution in [-0.4, -0.2) is 34.1 Å². The third-order valence-corrected chi connectivity index (χ3v) is 3.44. The van der Waals surface area contributed by atoms with Crippen molar-refractivity contribution >= 4 is 22.8 Å². The van der Waals surface area contributed by atoms with Gasteiger partial charge >= 0.3 is 5.97 Å². The first-order valence-corrected chi connectivity index (χ1v) is 6.12. The molecule has 1 fully saturated rings. The van der Waals surface area contributed by atoms with Crippen molar-refractivity contribution in [2.45, 2.75) is 6.42 Å². The van der Waals surface area contributed by atoms with E-state index in [2.05, 4.69) is 9.97 Å². The number of carboxylic acids is 1. The molecular weight excluding hydrogens is 246 g/mol. The average molecular weight is 259 g/mol. The van der Waals surface area contributed by atoms with E-state index in [-0.39, 0.29) is 5.56 Å². The number of benzene rings is 1. The maximum Gasteiger partial charge on any atom is 0.308 e. The lowest BCUT2D eigenvalue weighted by Gasteiger charge is -2.16. The van der Waals surface area contributed by atoms with Gasteiger partial charge in [0.1, 0.15) is 0 Å². The predicted molar refractivity (Wildman–Crippen MR) is 70.3 cm³/mol. The highest BCUT2D eigenvalue weighted by molar-refractivity contribution is 5.78. The monoisotopic (exact) mass is 259 g/mol. The number of rotatable bonds is 2. The quantitative estimate of drug-likeness (QED) is 0.834. The van der Waals surface area contributed by atoms with E-state index in [9.17, 15) is 9.59 Å². The lowest BCUT2D eigenvalue weighted by atomic mass is 10.1. The van der Waals surface area contributed by atoms with E-state index in [1.807, 2.05) is 11.0 Å². The Morgan fingerprint density at radius 3 is 2.95 bits per heavy atom. The summed E-state index contributed by atoms with van der Waals surface area (Å²) in [5.74, 6) is -0.741. The Labute approximate surface area is 108 Å². The molecule has 1 saturated heterocycles. The second-order valence-corrected chi connectivity index (χ2v) is 4.68. The minimum Gasteiger partial charge on any atom is -0.481 e. The number of hydrogen-bond acceptors (Lipinski definition) is 4. The molecule has 2 heterocycles. The summed E-state index contributed by atoms with van der Waals surface area (Å²) in [6.07, 6.45) is 0.575. The summed E-state index contributed by atoms with van der Waals surface area (Å²) >= 11 is 0. The summed E-state index contributed by atoms with van der Waals surface area (Å²) in [7, 11) is 0. The molecule has 0 bridgehead atoms. The topological polar surface area (TPSA) is 86.3 Å². The minimum absolute atomic E-state index is 0.195. The van der Waals surface area contributed by atoms with Crippen LogP contribution in [0.5, 0.6) is 0 Å². The van der Waals surface area contributed by atoms with Gasteiger partial charge in [0.2, 0.25) is 5.95 Å². The van der Waals surface area contributed by atoms with E-state index in [1.165, 1.54) is 0 Å². The molecule has 1 atom stereocenters. The van der Waals surface area contributed by atoms with Gasteiger partial charge in [0.15, 0.2) is 0 Å². The van der Waals surface area contributed by atoms with Crippen LogP contribution in [0.1, 0.15) is 6.42 Å². The van der Waals surface area contributed by atoms with Gasteiger partial charge in [-0.25, -0.2) is 4.98 Å². The van der Waals surface area contributed by atoms with Crippen molar-refractivity contribution in [2.24, 2.45) is 5.92 Å². The summed E-state index contributed by atoms with van der Waals surface area (Å²) in [6.45, 7) is 0.981. The number of carboxylic acid groups (broad SMARTS) is 1.